The number of unbranched alkanes of at least 4 members (excludes halogenated alkanes) is 1. The van der Waals surface area contributed by atoms with Crippen LogP contribution in [0.15, 0.2) is 241 Å². The zero-order chi connectivity index (χ0) is 67.6. The number of ketones is 1. The van der Waals surface area contributed by atoms with E-state index in [2.05, 4.69) is 27.9 Å². The molecule has 93 heavy (non-hydrogen) atoms. The Bertz CT molecular complexity index is 4040. The maximum Gasteiger partial charge on any atom is 0.416 e. The first-order valence-corrected chi connectivity index (χ1v) is 29.0. The predicted molar refractivity (Wildman–Crippen MR) is 344 cm³/mol. The average molecular weight is 1280 g/mol. The highest BCUT2D eigenvalue weighted by Crippen LogP contribution is 2.58. The monoisotopic (exact) mass is 1280 g/mol. The van der Waals surface area contributed by atoms with Crippen LogP contribution in [-0.2, 0) is 30.1 Å². The number of aromatic hydroxyl groups is 1. The quantitative estimate of drug-likeness (QED) is 0.0163. The number of para-hydroxylation sites is 1. The van der Waals surface area contributed by atoms with Gasteiger partial charge in [0.15, 0.2) is 5.78 Å². The van der Waals surface area contributed by atoms with Gasteiger partial charge in [-0.3, -0.25) is 29.0 Å². The number of aromatic carboxylic acids is 2. The van der Waals surface area contributed by atoms with Crippen molar-refractivity contribution in [2.45, 2.75) is 50.6 Å². The third kappa shape index (κ3) is 20.9. The average Bonchev–Trinajstić information content (AvgIpc) is 0.729. The molecule has 0 saturated heterocycles. The Labute approximate surface area is 536 Å². The molecule has 1 fully saturated rings. The van der Waals surface area contributed by atoms with Gasteiger partial charge in [-0.1, -0.05) is 201 Å². The Balaban J connectivity index is 0.000000186. The van der Waals surface area contributed by atoms with Crippen LogP contribution in [0.1, 0.15) is 114 Å². The van der Waals surface area contributed by atoms with Gasteiger partial charge in [0.05, 0.1) is 45.7 Å². The lowest BCUT2D eigenvalue weighted by molar-refractivity contribution is -0.164. The summed E-state index contributed by atoms with van der Waals surface area (Å²) in [5.41, 5.74) is 3.79. The maximum absolute atomic E-state index is 12.4. The Kier molecular flexibility index (Phi) is 26.3. The van der Waals surface area contributed by atoms with E-state index >= 15 is 0 Å². The van der Waals surface area contributed by atoms with Crippen LogP contribution in [0.25, 0.3) is 16.8 Å². The van der Waals surface area contributed by atoms with Gasteiger partial charge in [-0.15, -0.1) is 0 Å². The number of Topliss-reactive ketones (excluding diaryl/α,β-unsaturated/α-hetero) is 1. The standard InChI is InChI=1S/C18H13NO2.C18H16O4.C17H14O3.C12H14O4.C8H4ClF3O2/c20-18(21)14-8-10-16(11-9-14)19-12-15-6-3-5-13-4-1-2-7-17(13)15;19-17(20)15-13(11-7-3-1-4-8-11)14(16(15)18(21)22)12-9-5-2-6-10-12;18-16(19)12-15(11-13-7-3-1-4-8-13)17(20)14-9-5-2-6-10-14;1-2-3-8-11(14)16-12(15)9-6-4-5-7-10(9)13;9-6-2-1-4(8(10,11)12)3-5(6)7(13)14/h1-12H,(H,20,21);1-10,13-16H,(H,19,20)(H,21,22);1-11H,12H2,(H,18,19);4-7,13H,2-3,8H2,1H3;1-3H,(H,13,14). The summed E-state index contributed by atoms with van der Waals surface area (Å²) >= 11 is 5.39. The van der Waals surface area contributed by atoms with Gasteiger partial charge in [-0.2, -0.15) is 13.2 Å². The van der Waals surface area contributed by atoms with Crippen LogP contribution in [0.5, 0.6) is 5.75 Å². The molecule has 4 unspecified atom stereocenters. The van der Waals surface area contributed by atoms with E-state index in [0.717, 1.165) is 51.9 Å². The molecule has 0 radical (unpaired) electrons. The number of phenols is 1. The summed E-state index contributed by atoms with van der Waals surface area (Å²) in [6.45, 7) is 1.94. The Morgan fingerprint density at radius 3 is 1.59 bits per heavy atom. The highest BCUT2D eigenvalue weighted by molar-refractivity contribution is 6.33. The van der Waals surface area contributed by atoms with E-state index in [1.165, 1.54) is 17.5 Å². The fourth-order valence-electron chi connectivity index (χ4n) is 9.67. The van der Waals surface area contributed by atoms with Crippen LogP contribution in [0.4, 0.5) is 18.9 Å². The number of hydrogen-bond donors (Lipinski definition) is 6. The fourth-order valence-corrected chi connectivity index (χ4v) is 9.87. The second-order valence-corrected chi connectivity index (χ2v) is 20.9. The van der Waals surface area contributed by atoms with Crippen molar-refractivity contribution < 1.29 is 86.9 Å². The summed E-state index contributed by atoms with van der Waals surface area (Å²) in [5.74, 6) is -9.76. The molecule has 0 bridgehead atoms. The normalized spacial score (nSPS) is 14.7. The molecule has 476 valence electrons. The Morgan fingerprint density at radius 2 is 1.08 bits per heavy atom. The van der Waals surface area contributed by atoms with Gasteiger partial charge in [0.1, 0.15) is 11.3 Å². The molecule has 9 aromatic rings. The number of benzene rings is 9. The molecular weight excluding hydrogens is 1220 g/mol. The van der Waals surface area contributed by atoms with Crippen molar-refractivity contribution in [1.82, 2.24) is 0 Å². The maximum atomic E-state index is 12.4. The number of carbonyl (C=O) groups excluding carboxylic acids is 3. The summed E-state index contributed by atoms with van der Waals surface area (Å²) in [6.07, 6.45) is 0.349. The van der Waals surface area contributed by atoms with E-state index in [0.29, 0.717) is 18.1 Å². The minimum Gasteiger partial charge on any atom is -0.507 e. The molecule has 0 amide bonds. The zero-order valence-electron chi connectivity index (χ0n) is 49.5. The number of aliphatic imine (C=N–C) groups is 1. The number of hydrogen-bond acceptors (Lipinski definition) is 11. The van der Waals surface area contributed by atoms with Gasteiger partial charge in [-0.25, -0.2) is 14.4 Å². The van der Waals surface area contributed by atoms with Crippen LogP contribution < -0.4 is 0 Å². The first-order valence-electron chi connectivity index (χ1n) is 28.6. The molecule has 0 heterocycles. The largest absolute Gasteiger partial charge is 0.507 e. The number of rotatable bonds is 17. The molecule has 16 nitrogen and oxygen atoms in total. The van der Waals surface area contributed by atoms with Crippen LogP contribution in [0.2, 0.25) is 5.02 Å². The van der Waals surface area contributed by atoms with E-state index in [4.69, 9.17) is 26.9 Å². The van der Waals surface area contributed by atoms with Crippen LogP contribution in [0.3, 0.4) is 0 Å². The molecule has 4 atom stereocenters. The number of halogens is 4. The molecule has 0 aliphatic heterocycles. The molecule has 20 heteroatoms. The summed E-state index contributed by atoms with van der Waals surface area (Å²) in [6, 6.07) is 65.3. The summed E-state index contributed by atoms with van der Waals surface area (Å²) in [4.78, 5) is 94.7. The topological polar surface area (TPSA) is 280 Å². The minimum absolute atomic E-state index is 0.00680. The van der Waals surface area contributed by atoms with E-state index in [1.54, 1.807) is 73.0 Å². The molecule has 1 aliphatic carbocycles. The third-order valence-corrected chi connectivity index (χ3v) is 14.5. The summed E-state index contributed by atoms with van der Waals surface area (Å²) in [7, 11) is 0. The molecule has 6 N–H and O–H groups in total. The second kappa shape index (κ2) is 34.6. The lowest BCUT2D eigenvalue weighted by Gasteiger charge is -2.48. The lowest BCUT2D eigenvalue weighted by atomic mass is 9.52. The summed E-state index contributed by atoms with van der Waals surface area (Å²) < 4.78 is 41.0. The second-order valence-electron chi connectivity index (χ2n) is 20.5. The van der Waals surface area contributed by atoms with Crippen molar-refractivity contribution in [1.29, 1.82) is 0 Å². The number of carboxylic acid groups (broad SMARTS) is 5. The highest BCUT2D eigenvalue weighted by atomic mass is 35.5. The van der Waals surface area contributed by atoms with Crippen molar-refractivity contribution in [2.75, 3.05) is 0 Å². The van der Waals surface area contributed by atoms with Crippen LogP contribution in [-0.4, -0.2) is 84.4 Å². The van der Waals surface area contributed by atoms with Gasteiger partial charge in [-0.05, 0) is 94.6 Å². The van der Waals surface area contributed by atoms with Crippen LogP contribution >= 0.6 is 11.6 Å². The van der Waals surface area contributed by atoms with Crippen LogP contribution in [0, 0.1) is 11.8 Å². The highest BCUT2D eigenvalue weighted by Gasteiger charge is 2.58. The predicted octanol–water partition coefficient (Wildman–Crippen LogP) is 16.0. The molecule has 9 aromatic carbocycles. The van der Waals surface area contributed by atoms with E-state index in [1.807, 2.05) is 128 Å². The Morgan fingerprint density at radius 1 is 0.559 bits per heavy atom. The summed E-state index contributed by atoms with van der Waals surface area (Å²) in [5, 5.41) is 56.8. The van der Waals surface area contributed by atoms with Crippen molar-refractivity contribution >= 4 is 87.9 Å². The first kappa shape index (κ1) is 70.8. The smallest absolute Gasteiger partial charge is 0.416 e. The number of esters is 2. The number of alkyl halides is 3. The van der Waals surface area contributed by atoms with Crippen molar-refractivity contribution in [3.8, 4) is 5.75 Å². The molecule has 1 aliphatic rings. The molecule has 0 aromatic heterocycles. The number of nitrogens with zero attached hydrogens (tertiary/aromatic N) is 1. The number of carbonyl (C=O) groups is 8. The number of carboxylic acids is 5. The van der Waals surface area contributed by atoms with Gasteiger partial charge < -0.3 is 35.4 Å². The first-order chi connectivity index (χ1) is 44.5. The minimum atomic E-state index is -4.56. The number of aliphatic carboxylic acids is 3. The van der Waals surface area contributed by atoms with Crippen molar-refractivity contribution in [3.05, 3.63) is 291 Å². The van der Waals surface area contributed by atoms with Gasteiger partial charge in [0, 0.05) is 41.2 Å². The van der Waals surface area contributed by atoms with E-state index in [-0.39, 0.29) is 57.9 Å². The Hall–Kier alpha value is -11.3. The number of ether oxygens (including phenoxy) is 1. The SMILES string of the molecule is CCCCC(=O)OC(=O)c1ccccc1O.O=C(O)C1C(C(=O)O)C(c2ccccc2)C1c1ccccc1.O=C(O)CC(=Cc1ccccc1)C(=O)c1ccccc1.O=C(O)c1cc(C(F)(F)F)ccc1Cl.O=C(O)c1ccc(N=Cc2cccc3ccccc23)cc1. The lowest BCUT2D eigenvalue weighted by Crippen LogP contribution is -2.51. The molecular formula is C73H61ClF3NO15. The van der Waals surface area contributed by atoms with Gasteiger partial charge in [0.25, 0.3) is 0 Å². The number of phenolic OH excluding ortho intramolecular Hbond substituents is 1. The molecule has 10 rings (SSSR count). The van der Waals surface area contributed by atoms with E-state index in [9.17, 15) is 66.8 Å². The van der Waals surface area contributed by atoms with Gasteiger partial charge >= 0.3 is 48.0 Å². The molecule has 1 saturated carbocycles. The van der Waals surface area contributed by atoms with Crippen molar-refractivity contribution in [2.24, 2.45) is 16.8 Å². The fraction of sp³-hybridized carbons (Fsp3) is 0.137. The molecule has 0 spiro atoms. The van der Waals surface area contributed by atoms with Gasteiger partial charge in [0.2, 0.25) is 0 Å². The van der Waals surface area contributed by atoms with Crippen molar-refractivity contribution in [3.63, 3.8) is 0 Å². The third-order valence-electron chi connectivity index (χ3n) is 14.2. The zero-order valence-corrected chi connectivity index (χ0v) is 50.3. The number of fused-ring (bicyclic) bond motifs is 1. The van der Waals surface area contributed by atoms with E-state index < -0.39 is 70.9 Å².